The van der Waals surface area contributed by atoms with Crippen molar-refractivity contribution < 1.29 is 4.42 Å². The van der Waals surface area contributed by atoms with E-state index in [0.717, 1.165) is 22.5 Å². The van der Waals surface area contributed by atoms with E-state index in [9.17, 15) is 0 Å². The zero-order chi connectivity index (χ0) is 24.1. The fraction of sp³-hybridized carbons (Fsp3) is 0.0968. The van der Waals surface area contributed by atoms with Crippen molar-refractivity contribution in [2.45, 2.75) is 20.8 Å². The average Bonchev–Trinajstić information content (AvgIpc) is 3.52. The molecule has 0 saturated carbocycles. The lowest BCUT2D eigenvalue weighted by molar-refractivity contribution is 0.628. The number of benzene rings is 4. The Hall–Kier alpha value is -3.96. The Bertz CT molecular complexity index is 1850. The molecule has 0 radical (unpaired) electrons. The molecule has 3 nitrogen and oxygen atoms in total. The van der Waals surface area contributed by atoms with Gasteiger partial charge in [0.1, 0.15) is 11.3 Å². The van der Waals surface area contributed by atoms with E-state index < -0.39 is 0 Å². The van der Waals surface area contributed by atoms with Crippen molar-refractivity contribution in [2.75, 3.05) is 9.62 Å². The monoisotopic (exact) mass is 482 g/mol. The van der Waals surface area contributed by atoms with Crippen LogP contribution >= 0.6 is 11.3 Å². The van der Waals surface area contributed by atoms with Crippen LogP contribution in [0.2, 0.25) is 0 Å². The van der Waals surface area contributed by atoms with Crippen molar-refractivity contribution >= 4 is 67.1 Å². The van der Waals surface area contributed by atoms with Crippen molar-refractivity contribution in [3.05, 3.63) is 102 Å². The second-order valence-corrected chi connectivity index (χ2v) is 11.2. The number of nitrogens with zero attached hydrogens (tertiary/aromatic N) is 2. The van der Waals surface area contributed by atoms with Gasteiger partial charge in [0.25, 0.3) is 0 Å². The van der Waals surface area contributed by atoms with Gasteiger partial charge < -0.3 is 14.0 Å². The molecule has 0 bridgehead atoms. The predicted octanol–water partition coefficient (Wildman–Crippen LogP) is 8.24. The van der Waals surface area contributed by atoms with E-state index in [1.54, 1.807) is 0 Å². The highest BCUT2D eigenvalue weighted by atomic mass is 32.1. The Labute approximate surface area is 214 Å². The van der Waals surface area contributed by atoms with Gasteiger partial charge in [-0.2, -0.15) is 0 Å². The van der Waals surface area contributed by atoms with Crippen LogP contribution in [0.4, 0.5) is 22.9 Å². The minimum atomic E-state index is -0.00726. The summed E-state index contributed by atoms with van der Waals surface area (Å²) in [5, 5.41) is 2.48. The first-order valence-electron chi connectivity index (χ1n) is 12.4. The van der Waals surface area contributed by atoms with Gasteiger partial charge in [-0.25, -0.2) is 0 Å². The standard InChI is InChI=1S/C31H23BN2OS/c1-18-12-13-25-24(17-18)28-23-9-5-7-11-27(23)36-30(28)32-33(21-15-19(2)14-20(3)16-21)29-22-8-4-6-10-26(22)35-31(29)34(25)32/h4-17H,1-3H3. The van der Waals surface area contributed by atoms with E-state index in [-0.39, 0.29) is 6.98 Å². The first-order valence-corrected chi connectivity index (χ1v) is 13.2. The predicted molar refractivity (Wildman–Crippen MR) is 154 cm³/mol. The molecule has 0 saturated heterocycles. The molecule has 0 N–H and O–H groups in total. The third-order valence-electron chi connectivity index (χ3n) is 7.52. The Morgan fingerprint density at radius 3 is 2.31 bits per heavy atom. The van der Waals surface area contributed by atoms with Crippen LogP contribution < -0.4 is 14.4 Å². The zero-order valence-corrected chi connectivity index (χ0v) is 21.2. The van der Waals surface area contributed by atoms with Crippen molar-refractivity contribution in [3.63, 3.8) is 0 Å². The maximum atomic E-state index is 6.66. The second kappa shape index (κ2) is 7.05. The lowest BCUT2D eigenvalue weighted by atomic mass is 9.64. The summed E-state index contributed by atoms with van der Waals surface area (Å²) >= 11 is 1.91. The fourth-order valence-electron chi connectivity index (χ4n) is 6.18. The van der Waals surface area contributed by atoms with Gasteiger partial charge >= 0.3 is 6.98 Å². The minimum Gasteiger partial charge on any atom is -0.439 e. The molecule has 0 atom stereocenters. The molecule has 2 aliphatic rings. The highest BCUT2D eigenvalue weighted by Crippen LogP contribution is 2.56. The lowest BCUT2D eigenvalue weighted by Gasteiger charge is -2.34. The largest absolute Gasteiger partial charge is 0.439 e. The summed E-state index contributed by atoms with van der Waals surface area (Å²) in [5.41, 5.74) is 10.9. The van der Waals surface area contributed by atoms with E-state index in [0.29, 0.717) is 0 Å². The number of furan rings is 1. The van der Waals surface area contributed by atoms with E-state index in [1.807, 2.05) is 11.3 Å². The summed E-state index contributed by atoms with van der Waals surface area (Å²) in [6, 6.07) is 30.9. The molecule has 0 amide bonds. The molecule has 0 unspecified atom stereocenters. The van der Waals surface area contributed by atoms with Gasteiger partial charge in [-0.3, -0.25) is 0 Å². The van der Waals surface area contributed by atoms with Gasteiger partial charge in [0.15, 0.2) is 0 Å². The molecule has 36 heavy (non-hydrogen) atoms. The number of aryl methyl sites for hydroxylation is 3. The van der Waals surface area contributed by atoms with Crippen molar-refractivity contribution in [3.8, 4) is 11.1 Å². The van der Waals surface area contributed by atoms with Gasteiger partial charge in [-0.15, -0.1) is 11.3 Å². The number of fused-ring (bicyclic) bond motifs is 12. The molecule has 4 aromatic carbocycles. The Morgan fingerprint density at radius 1 is 0.722 bits per heavy atom. The van der Waals surface area contributed by atoms with Crippen LogP contribution in [0.25, 0.3) is 32.2 Å². The van der Waals surface area contributed by atoms with E-state index in [4.69, 9.17) is 4.42 Å². The van der Waals surface area contributed by atoms with Crippen LogP contribution in [0, 0.1) is 20.8 Å². The Kier molecular flexibility index (Phi) is 3.97. The first-order chi connectivity index (χ1) is 17.6. The van der Waals surface area contributed by atoms with Crippen LogP contribution in [0.5, 0.6) is 0 Å². The normalized spacial score (nSPS) is 13.8. The third kappa shape index (κ3) is 2.58. The number of rotatable bonds is 1. The quantitative estimate of drug-likeness (QED) is 0.220. The lowest BCUT2D eigenvalue weighted by Crippen LogP contribution is -2.54. The summed E-state index contributed by atoms with van der Waals surface area (Å²) < 4.78 is 9.35. The zero-order valence-electron chi connectivity index (χ0n) is 20.4. The van der Waals surface area contributed by atoms with E-state index in [2.05, 4.69) is 115 Å². The van der Waals surface area contributed by atoms with Gasteiger partial charge in [0.2, 0.25) is 5.88 Å². The molecule has 0 fully saturated rings. The number of anilines is 4. The summed E-state index contributed by atoms with van der Waals surface area (Å²) in [5.74, 6) is 0.925. The maximum Gasteiger partial charge on any atom is 0.434 e. The van der Waals surface area contributed by atoms with Crippen LogP contribution in [0.15, 0.2) is 89.3 Å². The molecule has 2 aliphatic heterocycles. The number of para-hydroxylation sites is 1. The van der Waals surface area contributed by atoms with Crippen molar-refractivity contribution in [2.24, 2.45) is 0 Å². The molecule has 2 aromatic heterocycles. The minimum absolute atomic E-state index is 0.00726. The number of thiophene rings is 1. The summed E-state index contributed by atoms with van der Waals surface area (Å²) in [7, 11) is 0. The van der Waals surface area contributed by atoms with Gasteiger partial charge in [-0.1, -0.05) is 48.0 Å². The molecular weight excluding hydrogens is 459 g/mol. The van der Waals surface area contributed by atoms with Gasteiger partial charge in [0.05, 0.1) is 0 Å². The Balaban J connectivity index is 1.52. The van der Waals surface area contributed by atoms with Gasteiger partial charge in [-0.05, 0) is 79.7 Å². The molecule has 172 valence electrons. The highest BCUT2D eigenvalue weighted by molar-refractivity contribution is 7.31. The van der Waals surface area contributed by atoms with E-state index >= 15 is 0 Å². The molecule has 4 heterocycles. The Morgan fingerprint density at radius 2 is 1.47 bits per heavy atom. The first kappa shape index (κ1) is 20.3. The van der Waals surface area contributed by atoms with Crippen molar-refractivity contribution in [1.82, 2.24) is 0 Å². The number of hydrogen-bond donors (Lipinski definition) is 0. The molecule has 5 heteroatoms. The summed E-state index contributed by atoms with van der Waals surface area (Å²) in [6.07, 6.45) is 0. The fourth-order valence-corrected chi connectivity index (χ4v) is 7.49. The number of hydrogen-bond acceptors (Lipinski definition) is 4. The van der Waals surface area contributed by atoms with Crippen LogP contribution in [0.1, 0.15) is 16.7 Å². The van der Waals surface area contributed by atoms with Gasteiger partial charge in [0, 0.05) is 37.4 Å². The van der Waals surface area contributed by atoms with Crippen LogP contribution in [0.3, 0.4) is 0 Å². The molecule has 0 aliphatic carbocycles. The molecule has 8 rings (SSSR count). The third-order valence-corrected chi connectivity index (χ3v) is 8.73. The van der Waals surface area contributed by atoms with Crippen molar-refractivity contribution in [1.29, 1.82) is 0 Å². The van der Waals surface area contributed by atoms with Crippen LogP contribution in [-0.4, -0.2) is 6.98 Å². The van der Waals surface area contributed by atoms with E-state index in [1.165, 1.54) is 54.1 Å². The second-order valence-electron chi connectivity index (χ2n) is 10.1. The molecule has 0 spiro atoms. The maximum absolute atomic E-state index is 6.66. The summed E-state index contributed by atoms with van der Waals surface area (Å²) in [4.78, 5) is 4.94. The highest BCUT2D eigenvalue weighted by Gasteiger charge is 2.52. The smallest absolute Gasteiger partial charge is 0.434 e. The molecule has 6 aromatic rings. The summed E-state index contributed by atoms with van der Waals surface area (Å²) in [6.45, 7) is 6.54. The topological polar surface area (TPSA) is 19.6 Å². The average molecular weight is 482 g/mol. The molecular formula is C31H23BN2OS. The SMILES string of the molecule is Cc1cc(C)cc(N2B3c4sc5ccccc5c4-c4cc(C)ccc4N3c3oc4ccccc4c32)c1. The van der Waals surface area contributed by atoms with Crippen LogP contribution in [-0.2, 0) is 0 Å².